The van der Waals surface area contributed by atoms with E-state index in [-0.39, 0.29) is 32.0 Å². The van der Waals surface area contributed by atoms with E-state index in [0.29, 0.717) is 6.42 Å². The number of rotatable bonds is 38. The molecule has 0 aliphatic carbocycles. The van der Waals surface area contributed by atoms with Crippen molar-refractivity contribution in [3.05, 3.63) is 48.6 Å². The Kier molecular flexibility index (Phi) is 35.9. The molecule has 6 atom stereocenters. The fourth-order valence-electron chi connectivity index (χ4n) is 6.77. The first kappa shape index (κ1) is 53.7. The molecule has 1 rings (SSSR count). The third-order valence-electron chi connectivity index (χ3n) is 10.4. The summed E-state index contributed by atoms with van der Waals surface area (Å²) in [5.41, 5.74) is 0. The van der Waals surface area contributed by atoms with Crippen molar-refractivity contribution >= 4 is 11.9 Å². The summed E-state index contributed by atoms with van der Waals surface area (Å²) in [7, 11) is 0. The van der Waals surface area contributed by atoms with Crippen LogP contribution in [0.3, 0.4) is 0 Å². The van der Waals surface area contributed by atoms with Crippen molar-refractivity contribution in [2.24, 2.45) is 0 Å². The first-order chi connectivity index (χ1) is 28.3. The van der Waals surface area contributed by atoms with Gasteiger partial charge in [0.1, 0.15) is 31.0 Å². The molecule has 1 aliphatic rings. The van der Waals surface area contributed by atoms with Crippen LogP contribution in [0.5, 0.6) is 0 Å². The summed E-state index contributed by atoms with van der Waals surface area (Å²) in [5, 5.41) is 40.1. The maximum atomic E-state index is 12.8. The molecule has 0 aromatic heterocycles. The lowest BCUT2D eigenvalue weighted by molar-refractivity contribution is -0.305. The van der Waals surface area contributed by atoms with Gasteiger partial charge in [0.05, 0.1) is 13.2 Å². The van der Waals surface area contributed by atoms with E-state index in [4.69, 9.17) is 18.9 Å². The summed E-state index contributed by atoms with van der Waals surface area (Å²) >= 11 is 0. The number of esters is 2. The zero-order valence-electron chi connectivity index (χ0n) is 36.5. The summed E-state index contributed by atoms with van der Waals surface area (Å²) < 4.78 is 22.1. The van der Waals surface area contributed by atoms with Crippen LogP contribution in [0.25, 0.3) is 0 Å². The fraction of sp³-hybridized carbons (Fsp3) is 0.792. The highest BCUT2D eigenvalue weighted by molar-refractivity contribution is 5.70. The normalized spacial score (nSPS) is 20.6. The van der Waals surface area contributed by atoms with Gasteiger partial charge in [-0.05, 0) is 51.4 Å². The van der Waals surface area contributed by atoms with Gasteiger partial charge in [-0.15, -0.1) is 0 Å². The standard InChI is InChI=1S/C48H84O10/c1-3-5-7-9-11-13-15-17-19-21-23-25-27-29-31-33-35-37-44(51)57-41(40-56-48-47(54)46(53)45(52)42(38-49)58-48)39-55-43(50)36-34-32-30-28-26-24-22-20-18-16-14-12-10-8-6-4-2/h7,9,13,15,19,21,25,27,41-42,45-49,52-54H,3-6,8,10-12,14,16-18,20,22-24,26,28-40H2,1-2H3/b9-7+,15-13+,21-19+,27-25+/t41-,42-,45+,46?,47?,48-/m0/s1. The molecular weight excluding hydrogens is 737 g/mol. The highest BCUT2D eigenvalue weighted by Gasteiger charge is 2.44. The molecule has 1 saturated heterocycles. The second-order valence-corrected chi connectivity index (χ2v) is 15.9. The van der Waals surface area contributed by atoms with E-state index in [0.717, 1.165) is 64.2 Å². The van der Waals surface area contributed by atoms with Crippen molar-refractivity contribution in [3.63, 3.8) is 0 Å². The average Bonchev–Trinajstić information content (AvgIpc) is 3.22. The Balaban J connectivity index is 2.34. The Morgan fingerprint density at radius 3 is 1.52 bits per heavy atom. The third kappa shape index (κ3) is 29.8. The minimum absolute atomic E-state index is 0.193. The van der Waals surface area contributed by atoms with Gasteiger partial charge in [0.15, 0.2) is 12.4 Å². The molecule has 1 aliphatic heterocycles. The van der Waals surface area contributed by atoms with Gasteiger partial charge >= 0.3 is 11.9 Å². The summed E-state index contributed by atoms with van der Waals surface area (Å²) in [5.74, 6) is -0.839. The van der Waals surface area contributed by atoms with Crippen molar-refractivity contribution in [3.8, 4) is 0 Å². The maximum Gasteiger partial charge on any atom is 0.306 e. The molecule has 336 valence electrons. The number of unbranched alkanes of at least 4 members (excludes halogenated alkanes) is 19. The van der Waals surface area contributed by atoms with Gasteiger partial charge < -0.3 is 39.4 Å². The largest absolute Gasteiger partial charge is 0.462 e. The second kappa shape index (κ2) is 38.8. The van der Waals surface area contributed by atoms with E-state index in [1.165, 1.54) is 89.9 Å². The lowest BCUT2D eigenvalue weighted by Crippen LogP contribution is -2.59. The highest BCUT2D eigenvalue weighted by atomic mass is 16.7. The number of aliphatic hydroxyl groups excluding tert-OH is 4. The van der Waals surface area contributed by atoms with Crippen LogP contribution in [0.4, 0.5) is 0 Å². The number of allylic oxidation sites excluding steroid dienone is 8. The maximum absolute atomic E-state index is 12.8. The van der Waals surface area contributed by atoms with Crippen molar-refractivity contribution in [1.29, 1.82) is 0 Å². The zero-order valence-corrected chi connectivity index (χ0v) is 36.5. The quantitative estimate of drug-likeness (QED) is 0.0269. The third-order valence-corrected chi connectivity index (χ3v) is 10.4. The van der Waals surface area contributed by atoms with E-state index < -0.39 is 49.4 Å². The van der Waals surface area contributed by atoms with Gasteiger partial charge in [0.2, 0.25) is 0 Å². The molecule has 0 radical (unpaired) electrons. The van der Waals surface area contributed by atoms with Crippen molar-refractivity contribution in [2.75, 3.05) is 19.8 Å². The molecule has 10 heteroatoms. The predicted molar refractivity (Wildman–Crippen MR) is 233 cm³/mol. The molecule has 0 spiro atoms. The van der Waals surface area contributed by atoms with E-state index >= 15 is 0 Å². The number of hydrogen-bond acceptors (Lipinski definition) is 10. The van der Waals surface area contributed by atoms with E-state index in [9.17, 15) is 30.0 Å². The molecule has 0 aromatic rings. The van der Waals surface area contributed by atoms with Crippen LogP contribution >= 0.6 is 0 Å². The Hall–Kier alpha value is -2.34. The van der Waals surface area contributed by atoms with Gasteiger partial charge in [0, 0.05) is 12.8 Å². The fourth-order valence-corrected chi connectivity index (χ4v) is 6.77. The highest BCUT2D eigenvalue weighted by Crippen LogP contribution is 2.22. The number of carbonyl (C=O) groups is 2. The molecule has 0 amide bonds. The van der Waals surface area contributed by atoms with E-state index in [1.807, 2.05) is 0 Å². The van der Waals surface area contributed by atoms with Crippen LogP contribution < -0.4 is 0 Å². The molecule has 58 heavy (non-hydrogen) atoms. The van der Waals surface area contributed by atoms with Crippen molar-refractivity contribution in [2.45, 2.75) is 224 Å². The van der Waals surface area contributed by atoms with Gasteiger partial charge in [-0.2, -0.15) is 0 Å². The van der Waals surface area contributed by atoms with Crippen LogP contribution in [0.1, 0.15) is 187 Å². The molecular formula is C48H84O10. The first-order valence-electron chi connectivity index (χ1n) is 23.2. The molecule has 10 nitrogen and oxygen atoms in total. The van der Waals surface area contributed by atoms with Crippen LogP contribution in [0.15, 0.2) is 48.6 Å². The van der Waals surface area contributed by atoms with Crippen LogP contribution in [0.2, 0.25) is 0 Å². The number of aliphatic hydroxyl groups is 4. The topological polar surface area (TPSA) is 152 Å². The lowest BCUT2D eigenvalue weighted by atomic mass is 9.99. The second-order valence-electron chi connectivity index (χ2n) is 15.9. The smallest absolute Gasteiger partial charge is 0.306 e. The van der Waals surface area contributed by atoms with Crippen LogP contribution in [-0.4, -0.2) is 89.0 Å². The number of hydrogen-bond donors (Lipinski definition) is 4. The summed E-state index contributed by atoms with van der Waals surface area (Å²) in [6, 6.07) is 0. The lowest BCUT2D eigenvalue weighted by Gasteiger charge is -2.39. The molecule has 0 saturated carbocycles. The summed E-state index contributed by atoms with van der Waals surface area (Å²) in [4.78, 5) is 25.3. The van der Waals surface area contributed by atoms with Crippen molar-refractivity contribution < 1.29 is 49.0 Å². The van der Waals surface area contributed by atoms with Crippen LogP contribution in [-0.2, 0) is 28.5 Å². The monoisotopic (exact) mass is 821 g/mol. The number of ether oxygens (including phenoxy) is 4. The number of carbonyl (C=O) groups excluding carboxylic acids is 2. The molecule has 0 bridgehead atoms. The van der Waals surface area contributed by atoms with Gasteiger partial charge in [0.25, 0.3) is 0 Å². The van der Waals surface area contributed by atoms with Gasteiger partial charge in [-0.1, -0.05) is 172 Å². The van der Waals surface area contributed by atoms with Crippen molar-refractivity contribution in [1.82, 2.24) is 0 Å². The first-order valence-corrected chi connectivity index (χ1v) is 23.2. The summed E-state index contributed by atoms with van der Waals surface area (Å²) in [6.45, 7) is 3.33. The Morgan fingerprint density at radius 1 is 0.534 bits per heavy atom. The Labute approximate surface area is 352 Å². The SMILES string of the molecule is CCC/C=C/C/C=C/C/C=C/C/C=C/CCCCCC(=O)O[C@@H](COC(=O)CCCCCCCCCCCCCCCCCC)CO[C@H]1O[C@@H](CO)[C@@H](O)C(O)C1O. The van der Waals surface area contributed by atoms with Gasteiger partial charge in [-0.3, -0.25) is 9.59 Å². The van der Waals surface area contributed by atoms with E-state index in [1.54, 1.807) is 0 Å². The Morgan fingerprint density at radius 2 is 1.00 bits per heavy atom. The average molecular weight is 821 g/mol. The van der Waals surface area contributed by atoms with Crippen LogP contribution in [0, 0.1) is 0 Å². The molecule has 1 heterocycles. The van der Waals surface area contributed by atoms with Gasteiger partial charge in [-0.25, -0.2) is 0 Å². The zero-order chi connectivity index (χ0) is 42.3. The molecule has 0 aromatic carbocycles. The van der Waals surface area contributed by atoms with E-state index in [2.05, 4.69) is 62.5 Å². The Bertz CT molecular complexity index is 1090. The molecule has 2 unspecified atom stereocenters. The molecule has 1 fully saturated rings. The molecule has 4 N–H and O–H groups in total. The minimum Gasteiger partial charge on any atom is -0.462 e. The minimum atomic E-state index is -1.60. The predicted octanol–water partition coefficient (Wildman–Crippen LogP) is 10.1. The summed E-state index contributed by atoms with van der Waals surface area (Å²) in [6.07, 6.45) is 38.3.